The maximum atomic E-state index is 8.76. The maximum absolute atomic E-state index is 8.76. The first-order valence-electron chi connectivity index (χ1n) is 6.63. The van der Waals surface area contributed by atoms with Crippen molar-refractivity contribution in [3.05, 3.63) is 28.8 Å². The molecule has 2 unspecified atom stereocenters. The normalized spacial score (nSPS) is 13.7. The van der Waals surface area contributed by atoms with Crippen LogP contribution in [0.2, 0.25) is 5.02 Å². The number of anilines is 1. The van der Waals surface area contributed by atoms with Gasteiger partial charge in [-0.1, -0.05) is 24.6 Å². The zero-order valence-corrected chi connectivity index (χ0v) is 12.8. The predicted molar refractivity (Wildman–Crippen MR) is 81.6 cm³/mol. The first-order valence-corrected chi connectivity index (χ1v) is 7.01. The number of halogens is 1. The zero-order valence-electron chi connectivity index (χ0n) is 12.1. The van der Waals surface area contributed by atoms with E-state index >= 15 is 0 Å². The first-order chi connectivity index (χ1) is 9.01. The molecule has 104 valence electrons. The van der Waals surface area contributed by atoms with Crippen LogP contribution in [0, 0.1) is 11.3 Å². The molecule has 19 heavy (non-hydrogen) atoms. The summed E-state index contributed by atoms with van der Waals surface area (Å²) in [6.07, 6.45) is 0.488. The van der Waals surface area contributed by atoms with Gasteiger partial charge in [0.15, 0.2) is 0 Å². The van der Waals surface area contributed by atoms with Crippen LogP contribution in [0.5, 0.6) is 0 Å². The number of hydrogen-bond donors (Lipinski definition) is 1. The van der Waals surface area contributed by atoms with Crippen molar-refractivity contribution in [2.75, 3.05) is 18.5 Å². The average molecular weight is 280 g/mol. The van der Waals surface area contributed by atoms with Crippen molar-refractivity contribution in [1.82, 2.24) is 5.32 Å². The van der Waals surface area contributed by atoms with Gasteiger partial charge < -0.3 is 10.2 Å². The molecule has 0 bridgehead atoms. The summed E-state index contributed by atoms with van der Waals surface area (Å²) in [5.74, 6) is 0. The van der Waals surface area contributed by atoms with Crippen molar-refractivity contribution in [1.29, 1.82) is 5.26 Å². The molecule has 2 atom stereocenters. The smallest absolute Gasteiger partial charge is 0.0643 e. The highest BCUT2D eigenvalue weighted by molar-refractivity contribution is 6.33. The van der Waals surface area contributed by atoms with Crippen molar-refractivity contribution in [3.8, 4) is 6.07 Å². The Bertz CT molecular complexity index is 453. The maximum Gasteiger partial charge on any atom is 0.0643 e. The van der Waals surface area contributed by atoms with Gasteiger partial charge in [0.25, 0.3) is 0 Å². The molecule has 1 N–H and O–H groups in total. The molecule has 0 radical (unpaired) electrons. The minimum atomic E-state index is 0.152. The molecule has 1 aromatic carbocycles. The van der Waals surface area contributed by atoms with E-state index in [0.717, 1.165) is 17.3 Å². The third kappa shape index (κ3) is 4.12. The van der Waals surface area contributed by atoms with Crippen LogP contribution in [-0.2, 0) is 0 Å². The van der Waals surface area contributed by atoms with Crippen molar-refractivity contribution in [3.63, 3.8) is 0 Å². The molecule has 1 aromatic rings. The summed E-state index contributed by atoms with van der Waals surface area (Å²) in [7, 11) is 1.97. The van der Waals surface area contributed by atoms with E-state index in [-0.39, 0.29) is 6.04 Å². The summed E-state index contributed by atoms with van der Waals surface area (Å²) in [4.78, 5) is 2.05. The van der Waals surface area contributed by atoms with Crippen molar-refractivity contribution in [2.24, 2.45) is 0 Å². The van der Waals surface area contributed by atoms with Crippen molar-refractivity contribution in [2.45, 2.75) is 39.3 Å². The highest BCUT2D eigenvalue weighted by atomic mass is 35.5. The molecule has 1 rings (SSSR count). The summed E-state index contributed by atoms with van der Waals surface area (Å²) in [5.41, 5.74) is 2.15. The van der Waals surface area contributed by atoms with Gasteiger partial charge in [0.05, 0.1) is 23.2 Å². The molecule has 0 aliphatic rings. The molecule has 0 saturated carbocycles. The lowest BCUT2D eigenvalue weighted by molar-refractivity contribution is 0.598. The Labute approximate surface area is 121 Å². The van der Waals surface area contributed by atoms with Crippen LogP contribution >= 0.6 is 11.6 Å². The van der Waals surface area contributed by atoms with Crippen LogP contribution in [-0.4, -0.2) is 19.6 Å². The van der Waals surface area contributed by atoms with Crippen molar-refractivity contribution >= 4 is 17.3 Å². The van der Waals surface area contributed by atoms with Crippen LogP contribution in [0.1, 0.15) is 38.8 Å². The lowest BCUT2D eigenvalue weighted by atomic mass is 10.1. The summed E-state index contributed by atoms with van der Waals surface area (Å²) in [5, 5.41) is 12.9. The van der Waals surface area contributed by atoms with E-state index in [1.165, 1.54) is 5.56 Å². The monoisotopic (exact) mass is 279 g/mol. The minimum Gasteiger partial charge on any atom is -0.370 e. The molecule has 0 fully saturated rings. The Morgan fingerprint density at radius 2 is 2.11 bits per heavy atom. The molecular formula is C15H22ClN3. The van der Waals surface area contributed by atoms with Gasteiger partial charge in [-0.2, -0.15) is 5.26 Å². The van der Waals surface area contributed by atoms with Gasteiger partial charge >= 0.3 is 0 Å². The van der Waals surface area contributed by atoms with Gasteiger partial charge in [-0.05, 0) is 38.1 Å². The highest BCUT2D eigenvalue weighted by Crippen LogP contribution is 2.29. The van der Waals surface area contributed by atoms with Crippen LogP contribution in [0.3, 0.4) is 0 Å². The summed E-state index contributed by atoms with van der Waals surface area (Å²) in [6.45, 7) is 7.16. The van der Waals surface area contributed by atoms with Gasteiger partial charge in [-0.15, -0.1) is 0 Å². The van der Waals surface area contributed by atoms with E-state index in [1.54, 1.807) is 0 Å². The van der Waals surface area contributed by atoms with Gasteiger partial charge in [-0.25, -0.2) is 0 Å². The molecule has 4 heteroatoms. The van der Waals surface area contributed by atoms with E-state index in [1.807, 2.05) is 31.0 Å². The Balaban J connectivity index is 2.91. The number of rotatable bonds is 6. The molecule has 0 aliphatic heterocycles. The lowest BCUT2D eigenvalue weighted by Crippen LogP contribution is -2.28. The average Bonchev–Trinajstić information content (AvgIpc) is 2.38. The predicted octanol–water partition coefficient (Wildman–Crippen LogP) is 3.75. The number of nitriles is 1. The molecule has 0 aromatic heterocycles. The summed E-state index contributed by atoms with van der Waals surface area (Å²) >= 11 is 6.36. The Morgan fingerprint density at radius 1 is 1.42 bits per heavy atom. The standard InChI is InChI=1S/C15H22ClN3/c1-5-18-12(3)13-6-7-15(14(16)10-13)19(4)11(2)8-9-17/h6-7,10-12,18H,5,8H2,1-4H3. The minimum absolute atomic E-state index is 0.152. The van der Waals surface area contributed by atoms with E-state index in [4.69, 9.17) is 16.9 Å². The summed E-state index contributed by atoms with van der Waals surface area (Å²) in [6, 6.07) is 8.75. The van der Waals surface area contributed by atoms with Crippen LogP contribution in [0.4, 0.5) is 5.69 Å². The second-order valence-corrected chi connectivity index (χ2v) is 5.22. The molecule has 0 amide bonds. The first kappa shape index (κ1) is 15.8. The molecule has 0 heterocycles. The topological polar surface area (TPSA) is 39.1 Å². The third-order valence-electron chi connectivity index (χ3n) is 3.41. The third-order valence-corrected chi connectivity index (χ3v) is 3.71. The second kappa shape index (κ2) is 7.37. The highest BCUT2D eigenvalue weighted by Gasteiger charge is 2.14. The fraction of sp³-hybridized carbons (Fsp3) is 0.533. The quantitative estimate of drug-likeness (QED) is 0.862. The second-order valence-electron chi connectivity index (χ2n) is 4.81. The molecule has 0 aliphatic carbocycles. The van der Waals surface area contributed by atoms with Crippen LogP contribution in [0.15, 0.2) is 18.2 Å². The molecular weight excluding hydrogens is 258 g/mol. The van der Waals surface area contributed by atoms with Gasteiger partial charge in [0.1, 0.15) is 0 Å². The van der Waals surface area contributed by atoms with E-state index in [2.05, 4.69) is 31.3 Å². The fourth-order valence-corrected chi connectivity index (χ4v) is 2.33. The molecule has 3 nitrogen and oxygen atoms in total. The van der Waals surface area contributed by atoms with E-state index < -0.39 is 0 Å². The van der Waals surface area contributed by atoms with Gasteiger partial charge in [0, 0.05) is 19.1 Å². The van der Waals surface area contributed by atoms with Crippen LogP contribution < -0.4 is 10.2 Å². The number of nitrogens with zero attached hydrogens (tertiary/aromatic N) is 2. The van der Waals surface area contributed by atoms with Gasteiger partial charge in [-0.3, -0.25) is 0 Å². The SMILES string of the molecule is CCNC(C)c1ccc(N(C)C(C)CC#N)c(Cl)c1. The van der Waals surface area contributed by atoms with Crippen LogP contribution in [0.25, 0.3) is 0 Å². The summed E-state index contributed by atoms with van der Waals surface area (Å²) < 4.78 is 0. The van der Waals surface area contributed by atoms with Gasteiger partial charge in [0.2, 0.25) is 0 Å². The Hall–Kier alpha value is -1.24. The molecule has 0 saturated heterocycles. The Kier molecular flexibility index (Phi) is 6.14. The van der Waals surface area contributed by atoms with E-state index in [0.29, 0.717) is 12.5 Å². The fourth-order valence-electron chi connectivity index (χ4n) is 2.01. The number of hydrogen-bond acceptors (Lipinski definition) is 3. The Morgan fingerprint density at radius 3 is 2.63 bits per heavy atom. The van der Waals surface area contributed by atoms with Crippen molar-refractivity contribution < 1.29 is 0 Å². The lowest BCUT2D eigenvalue weighted by Gasteiger charge is -2.27. The largest absolute Gasteiger partial charge is 0.370 e. The zero-order chi connectivity index (χ0) is 14.4. The number of benzene rings is 1. The molecule has 0 spiro atoms. The number of nitrogens with one attached hydrogen (secondary N) is 1. The van der Waals surface area contributed by atoms with E-state index in [9.17, 15) is 0 Å².